The van der Waals surface area contributed by atoms with Gasteiger partial charge in [0.05, 0.1) is 12.1 Å². The molecule has 2 atom stereocenters. The molecule has 0 heterocycles. The van der Waals surface area contributed by atoms with Crippen LogP contribution in [0.1, 0.15) is 37.3 Å². The van der Waals surface area contributed by atoms with Gasteiger partial charge < -0.3 is 10.8 Å². The first kappa shape index (κ1) is 12.5. The summed E-state index contributed by atoms with van der Waals surface area (Å²) in [6.07, 6.45) is 2.99. The first-order chi connectivity index (χ1) is 8.11. The minimum absolute atomic E-state index is 0.0593. The highest BCUT2D eigenvalue weighted by Gasteiger charge is 2.31. The Hall–Kier alpha value is -1.00. The fourth-order valence-electron chi connectivity index (χ4n) is 2.59. The summed E-state index contributed by atoms with van der Waals surface area (Å²) in [5, 5.41) is 10.1. The van der Waals surface area contributed by atoms with Crippen molar-refractivity contribution in [3.8, 4) is 0 Å². The van der Waals surface area contributed by atoms with Crippen molar-refractivity contribution in [3.05, 3.63) is 35.4 Å². The summed E-state index contributed by atoms with van der Waals surface area (Å²) in [6, 6.07) is 2.64. The zero-order valence-electron chi connectivity index (χ0n) is 9.57. The highest BCUT2D eigenvalue weighted by molar-refractivity contribution is 5.24. The van der Waals surface area contributed by atoms with Crippen LogP contribution in [0.15, 0.2) is 18.2 Å². The van der Waals surface area contributed by atoms with Crippen LogP contribution < -0.4 is 5.73 Å². The maximum atomic E-state index is 13.5. The zero-order valence-corrected chi connectivity index (χ0v) is 9.57. The molecule has 3 N–H and O–H groups in total. The summed E-state index contributed by atoms with van der Waals surface area (Å²) >= 11 is 0. The van der Waals surface area contributed by atoms with Gasteiger partial charge in [-0.25, -0.2) is 8.78 Å². The number of aliphatic hydroxyl groups excluding tert-OH is 1. The second-order valence-corrected chi connectivity index (χ2v) is 4.70. The second-order valence-electron chi connectivity index (χ2n) is 4.70. The molecule has 17 heavy (non-hydrogen) atoms. The van der Waals surface area contributed by atoms with Crippen molar-refractivity contribution >= 4 is 0 Å². The van der Waals surface area contributed by atoms with E-state index < -0.39 is 23.8 Å². The van der Waals surface area contributed by atoms with Gasteiger partial charge in [0.2, 0.25) is 0 Å². The number of aliphatic hydroxyl groups is 1. The van der Waals surface area contributed by atoms with E-state index in [0.717, 1.165) is 25.7 Å². The number of halogens is 2. The maximum Gasteiger partial charge on any atom is 0.131 e. The molecule has 1 aliphatic rings. The Balaban J connectivity index is 2.20. The molecule has 0 saturated heterocycles. The van der Waals surface area contributed by atoms with Gasteiger partial charge in [-0.1, -0.05) is 18.9 Å². The molecule has 1 aromatic rings. The summed E-state index contributed by atoms with van der Waals surface area (Å²) in [5.74, 6) is -1.31. The second kappa shape index (κ2) is 5.10. The van der Waals surface area contributed by atoms with Gasteiger partial charge in [0.25, 0.3) is 0 Å². The minimum atomic E-state index is -0.987. The Bertz CT molecular complexity index is 371. The lowest BCUT2D eigenvalue weighted by Gasteiger charge is -2.25. The van der Waals surface area contributed by atoms with Gasteiger partial charge in [-0.05, 0) is 30.9 Å². The number of nitrogens with two attached hydrogens (primary N) is 1. The lowest BCUT2D eigenvalue weighted by molar-refractivity contribution is 0.0819. The smallest absolute Gasteiger partial charge is 0.131 e. The van der Waals surface area contributed by atoms with E-state index in [1.54, 1.807) is 0 Å². The van der Waals surface area contributed by atoms with Crippen molar-refractivity contribution in [2.45, 2.75) is 37.8 Å². The third-order valence-corrected chi connectivity index (χ3v) is 3.58. The maximum absolute atomic E-state index is 13.5. The van der Waals surface area contributed by atoms with Crippen LogP contribution in [0, 0.1) is 17.6 Å². The van der Waals surface area contributed by atoms with Gasteiger partial charge in [-0.3, -0.25) is 0 Å². The first-order valence-electron chi connectivity index (χ1n) is 5.99. The largest absolute Gasteiger partial charge is 0.391 e. The molecule has 1 fully saturated rings. The Labute approximate surface area is 99.4 Å². The van der Waals surface area contributed by atoms with E-state index in [9.17, 15) is 13.9 Å². The summed E-state index contributed by atoms with van der Waals surface area (Å²) < 4.78 is 27.0. The van der Waals surface area contributed by atoms with Crippen molar-refractivity contribution in [1.82, 2.24) is 0 Å². The van der Waals surface area contributed by atoms with E-state index in [-0.39, 0.29) is 11.5 Å². The third-order valence-electron chi connectivity index (χ3n) is 3.58. The molecule has 0 bridgehead atoms. The van der Waals surface area contributed by atoms with Crippen molar-refractivity contribution in [2.24, 2.45) is 11.7 Å². The topological polar surface area (TPSA) is 46.2 Å². The van der Waals surface area contributed by atoms with Crippen LogP contribution in [0.4, 0.5) is 8.78 Å². The lowest BCUT2D eigenvalue weighted by atomic mass is 9.90. The molecular weight excluding hydrogens is 224 g/mol. The van der Waals surface area contributed by atoms with E-state index in [1.165, 1.54) is 18.2 Å². The molecule has 0 aliphatic heterocycles. The fraction of sp³-hybridized carbons (Fsp3) is 0.538. The van der Waals surface area contributed by atoms with Gasteiger partial charge >= 0.3 is 0 Å². The van der Waals surface area contributed by atoms with E-state index in [4.69, 9.17) is 5.73 Å². The summed E-state index contributed by atoms with van der Waals surface area (Å²) in [7, 11) is 0. The molecule has 94 valence electrons. The monoisotopic (exact) mass is 241 g/mol. The minimum Gasteiger partial charge on any atom is -0.391 e. The highest BCUT2D eigenvalue weighted by atomic mass is 19.1. The van der Waals surface area contributed by atoms with Crippen molar-refractivity contribution in [2.75, 3.05) is 0 Å². The quantitative estimate of drug-likeness (QED) is 0.854. The molecule has 4 heteroatoms. The van der Waals surface area contributed by atoms with Crippen LogP contribution in [-0.2, 0) is 0 Å². The molecule has 2 rings (SSSR count). The van der Waals surface area contributed by atoms with Crippen molar-refractivity contribution < 1.29 is 13.9 Å². The van der Waals surface area contributed by atoms with Crippen LogP contribution in [-0.4, -0.2) is 11.2 Å². The van der Waals surface area contributed by atoms with Crippen molar-refractivity contribution in [1.29, 1.82) is 0 Å². The van der Waals surface area contributed by atoms with Crippen LogP contribution >= 0.6 is 0 Å². The predicted octanol–water partition coefficient (Wildman–Crippen LogP) is 2.52. The van der Waals surface area contributed by atoms with E-state index >= 15 is 0 Å². The molecule has 1 aromatic carbocycles. The standard InChI is InChI=1S/C13H17F2NO/c14-9-6-3-7-10(15)11(9)12(16)13(17)8-4-1-2-5-8/h3,6-8,12-13,17H,1-2,4-5,16H2/t12-,13+/m1/s1. The molecule has 1 aliphatic carbocycles. The Morgan fingerprint density at radius 2 is 1.71 bits per heavy atom. The zero-order chi connectivity index (χ0) is 12.4. The number of benzene rings is 1. The Morgan fingerprint density at radius 3 is 2.24 bits per heavy atom. The van der Waals surface area contributed by atoms with Gasteiger partial charge in [0.1, 0.15) is 11.6 Å². The SMILES string of the molecule is N[C@H](c1c(F)cccc1F)[C@@H](O)C1CCCC1. The van der Waals surface area contributed by atoms with E-state index in [1.807, 2.05) is 0 Å². The molecule has 2 nitrogen and oxygen atoms in total. The predicted molar refractivity (Wildman–Crippen MR) is 61.3 cm³/mol. The highest BCUT2D eigenvalue weighted by Crippen LogP contribution is 2.33. The molecular formula is C13H17F2NO. The normalized spacial score (nSPS) is 20.5. The number of rotatable bonds is 3. The first-order valence-corrected chi connectivity index (χ1v) is 5.99. The van der Waals surface area contributed by atoms with Crippen LogP contribution in [0.5, 0.6) is 0 Å². The average Bonchev–Trinajstić information content (AvgIpc) is 2.81. The molecule has 0 unspecified atom stereocenters. The van der Waals surface area contributed by atoms with E-state index in [2.05, 4.69) is 0 Å². The van der Waals surface area contributed by atoms with Crippen LogP contribution in [0.2, 0.25) is 0 Å². The number of hydrogen-bond acceptors (Lipinski definition) is 2. The summed E-state index contributed by atoms with van der Waals surface area (Å²) in [5.41, 5.74) is 5.59. The van der Waals surface area contributed by atoms with Gasteiger partial charge in [0.15, 0.2) is 0 Å². The molecule has 1 saturated carbocycles. The van der Waals surface area contributed by atoms with E-state index in [0.29, 0.717) is 0 Å². The summed E-state index contributed by atoms with van der Waals surface area (Å²) in [4.78, 5) is 0. The molecule has 0 radical (unpaired) electrons. The van der Waals surface area contributed by atoms with Gasteiger partial charge in [-0.2, -0.15) is 0 Å². The number of hydrogen-bond donors (Lipinski definition) is 2. The molecule has 0 amide bonds. The van der Waals surface area contributed by atoms with Gasteiger partial charge in [0, 0.05) is 5.56 Å². The van der Waals surface area contributed by atoms with Crippen LogP contribution in [0.3, 0.4) is 0 Å². The summed E-state index contributed by atoms with van der Waals surface area (Å²) in [6.45, 7) is 0. The average molecular weight is 241 g/mol. The molecule has 0 spiro atoms. The Kier molecular flexibility index (Phi) is 3.74. The van der Waals surface area contributed by atoms with Crippen molar-refractivity contribution in [3.63, 3.8) is 0 Å². The van der Waals surface area contributed by atoms with Gasteiger partial charge in [-0.15, -0.1) is 0 Å². The fourth-order valence-corrected chi connectivity index (χ4v) is 2.59. The third kappa shape index (κ3) is 2.48. The molecule has 0 aromatic heterocycles. The van der Waals surface area contributed by atoms with Crippen LogP contribution in [0.25, 0.3) is 0 Å². The Morgan fingerprint density at radius 1 is 1.18 bits per heavy atom. The lowest BCUT2D eigenvalue weighted by Crippen LogP contribution is -2.33.